The van der Waals surface area contributed by atoms with Gasteiger partial charge < -0.3 is 15.0 Å². The van der Waals surface area contributed by atoms with Crippen LogP contribution >= 0.6 is 0 Å². The van der Waals surface area contributed by atoms with Crippen LogP contribution in [0.25, 0.3) is 0 Å². The highest BCUT2D eigenvalue weighted by molar-refractivity contribution is 5.32. The fraction of sp³-hybridized carbons (Fsp3) is 0.667. The first-order valence-corrected chi connectivity index (χ1v) is 5.82. The van der Waals surface area contributed by atoms with Gasteiger partial charge in [0.25, 0.3) is 5.56 Å². The van der Waals surface area contributed by atoms with Gasteiger partial charge in [-0.2, -0.15) is 0 Å². The van der Waals surface area contributed by atoms with E-state index in [0.717, 1.165) is 0 Å². The van der Waals surface area contributed by atoms with Crippen LogP contribution in [0.5, 0.6) is 0 Å². The summed E-state index contributed by atoms with van der Waals surface area (Å²) in [4.78, 5) is 16.2. The molecule has 0 aliphatic carbocycles. The molecule has 1 heterocycles. The first-order chi connectivity index (χ1) is 7.86. The molecule has 1 unspecified atom stereocenters. The van der Waals surface area contributed by atoms with E-state index in [2.05, 4.69) is 10.3 Å². The minimum atomic E-state index is -0.267. The Bertz CT molecular complexity index is 420. The van der Waals surface area contributed by atoms with E-state index in [9.17, 15) is 4.79 Å². The van der Waals surface area contributed by atoms with Crippen LogP contribution in [0.3, 0.4) is 0 Å². The van der Waals surface area contributed by atoms with Crippen molar-refractivity contribution in [2.75, 3.05) is 11.9 Å². The Morgan fingerprint density at radius 1 is 1.53 bits per heavy atom. The number of hydrogen-bond acceptors (Lipinski definition) is 4. The molecule has 2 N–H and O–H groups in total. The van der Waals surface area contributed by atoms with Crippen LogP contribution in [0.15, 0.2) is 17.2 Å². The molecule has 1 atom stereocenters. The first kappa shape index (κ1) is 13.7. The number of nitrogens with zero attached hydrogens (tertiary/aromatic N) is 2. The standard InChI is InChI=1S/C12H21N3O2/c1-9(5-8-16)14-10-11(17)15(7-6-13-10)12(2,3)4/h6-7,9,16H,5,8H2,1-4H3,(H,13,14). The van der Waals surface area contributed by atoms with Crippen molar-refractivity contribution in [1.29, 1.82) is 0 Å². The summed E-state index contributed by atoms with van der Waals surface area (Å²) < 4.78 is 1.65. The van der Waals surface area contributed by atoms with Crippen LogP contribution in [0.2, 0.25) is 0 Å². The molecule has 5 heteroatoms. The Morgan fingerprint density at radius 3 is 2.71 bits per heavy atom. The van der Waals surface area contributed by atoms with Crippen molar-refractivity contribution >= 4 is 5.82 Å². The van der Waals surface area contributed by atoms with E-state index in [0.29, 0.717) is 12.2 Å². The van der Waals surface area contributed by atoms with Gasteiger partial charge in [-0.3, -0.25) is 4.79 Å². The number of nitrogens with one attached hydrogen (secondary N) is 1. The second-order valence-corrected chi connectivity index (χ2v) is 5.18. The van der Waals surface area contributed by atoms with Crippen molar-refractivity contribution in [3.8, 4) is 0 Å². The fourth-order valence-corrected chi connectivity index (χ4v) is 1.54. The number of aliphatic hydroxyl groups is 1. The molecular formula is C12H21N3O2. The van der Waals surface area contributed by atoms with Crippen molar-refractivity contribution in [2.45, 2.75) is 45.7 Å². The number of aliphatic hydroxyl groups excluding tert-OH is 1. The minimum Gasteiger partial charge on any atom is -0.396 e. The second-order valence-electron chi connectivity index (χ2n) is 5.18. The van der Waals surface area contributed by atoms with Gasteiger partial charge >= 0.3 is 0 Å². The summed E-state index contributed by atoms with van der Waals surface area (Å²) >= 11 is 0. The molecule has 96 valence electrons. The van der Waals surface area contributed by atoms with Crippen molar-refractivity contribution < 1.29 is 5.11 Å². The monoisotopic (exact) mass is 239 g/mol. The lowest BCUT2D eigenvalue weighted by Gasteiger charge is -2.23. The molecule has 0 aliphatic heterocycles. The molecule has 0 saturated carbocycles. The summed E-state index contributed by atoms with van der Waals surface area (Å²) in [5, 5.41) is 11.8. The van der Waals surface area contributed by atoms with Crippen molar-refractivity contribution in [3.05, 3.63) is 22.7 Å². The minimum absolute atomic E-state index is 0.0241. The van der Waals surface area contributed by atoms with E-state index in [4.69, 9.17) is 5.11 Å². The maximum absolute atomic E-state index is 12.1. The normalized spacial score (nSPS) is 13.5. The maximum atomic E-state index is 12.1. The van der Waals surface area contributed by atoms with Crippen molar-refractivity contribution in [3.63, 3.8) is 0 Å². The van der Waals surface area contributed by atoms with Gasteiger partial charge in [-0.05, 0) is 34.1 Å². The van der Waals surface area contributed by atoms with Crippen LogP contribution in [0.4, 0.5) is 5.82 Å². The van der Waals surface area contributed by atoms with Gasteiger partial charge in [-0.25, -0.2) is 4.98 Å². The highest BCUT2D eigenvalue weighted by Crippen LogP contribution is 2.11. The molecule has 0 fully saturated rings. The van der Waals surface area contributed by atoms with E-state index >= 15 is 0 Å². The molecule has 0 saturated heterocycles. The molecule has 1 aromatic rings. The van der Waals surface area contributed by atoms with Crippen LogP contribution in [0, 0.1) is 0 Å². The lowest BCUT2D eigenvalue weighted by atomic mass is 10.1. The summed E-state index contributed by atoms with van der Waals surface area (Å²) in [7, 11) is 0. The van der Waals surface area contributed by atoms with Crippen molar-refractivity contribution in [2.24, 2.45) is 0 Å². The highest BCUT2D eigenvalue weighted by atomic mass is 16.3. The van der Waals surface area contributed by atoms with E-state index in [1.807, 2.05) is 27.7 Å². The van der Waals surface area contributed by atoms with Gasteiger partial charge in [-0.15, -0.1) is 0 Å². The van der Waals surface area contributed by atoms with Crippen molar-refractivity contribution in [1.82, 2.24) is 9.55 Å². The van der Waals surface area contributed by atoms with E-state index < -0.39 is 0 Å². The fourth-order valence-electron chi connectivity index (χ4n) is 1.54. The zero-order chi connectivity index (χ0) is 13.1. The molecule has 5 nitrogen and oxygen atoms in total. The van der Waals surface area contributed by atoms with E-state index in [-0.39, 0.29) is 23.7 Å². The highest BCUT2D eigenvalue weighted by Gasteiger charge is 2.17. The molecule has 0 spiro atoms. The molecule has 17 heavy (non-hydrogen) atoms. The molecular weight excluding hydrogens is 218 g/mol. The lowest BCUT2D eigenvalue weighted by molar-refractivity contribution is 0.282. The average Bonchev–Trinajstić information content (AvgIpc) is 2.19. The number of rotatable bonds is 4. The smallest absolute Gasteiger partial charge is 0.293 e. The van der Waals surface area contributed by atoms with Gasteiger partial charge in [-0.1, -0.05) is 0 Å². The van der Waals surface area contributed by atoms with Gasteiger partial charge in [0.05, 0.1) is 0 Å². The Kier molecular flexibility index (Phi) is 4.28. The van der Waals surface area contributed by atoms with Gasteiger partial charge in [0.1, 0.15) is 0 Å². The summed E-state index contributed by atoms with van der Waals surface area (Å²) in [5.74, 6) is 0.336. The van der Waals surface area contributed by atoms with Crippen LogP contribution in [-0.4, -0.2) is 27.3 Å². The van der Waals surface area contributed by atoms with Gasteiger partial charge in [0.15, 0.2) is 5.82 Å². The second kappa shape index (κ2) is 5.31. The third-order valence-corrected chi connectivity index (χ3v) is 2.51. The third kappa shape index (κ3) is 3.56. The summed E-state index contributed by atoms with van der Waals surface area (Å²) in [5.41, 5.74) is -0.402. The molecule has 1 rings (SSSR count). The molecule has 1 aromatic heterocycles. The molecule has 0 radical (unpaired) electrons. The Morgan fingerprint density at radius 2 is 2.18 bits per heavy atom. The maximum Gasteiger partial charge on any atom is 0.293 e. The average molecular weight is 239 g/mol. The van der Waals surface area contributed by atoms with E-state index in [1.54, 1.807) is 17.0 Å². The summed E-state index contributed by atoms with van der Waals surface area (Å²) in [6, 6.07) is 0.0241. The van der Waals surface area contributed by atoms with Gasteiger partial charge in [0, 0.05) is 30.6 Å². The summed E-state index contributed by atoms with van der Waals surface area (Å²) in [6.45, 7) is 7.90. The Labute approximate surface area is 102 Å². The molecule has 0 aromatic carbocycles. The SMILES string of the molecule is CC(CCO)Nc1nccn(C(C)(C)C)c1=O. The Balaban J connectivity index is 3.00. The van der Waals surface area contributed by atoms with E-state index in [1.165, 1.54) is 0 Å². The molecule has 0 amide bonds. The molecule has 0 bridgehead atoms. The third-order valence-electron chi connectivity index (χ3n) is 2.51. The number of hydrogen-bond donors (Lipinski definition) is 2. The van der Waals surface area contributed by atoms with Crippen LogP contribution < -0.4 is 10.9 Å². The predicted molar refractivity (Wildman–Crippen MR) is 68.3 cm³/mol. The lowest BCUT2D eigenvalue weighted by Crippen LogP contribution is -2.36. The van der Waals surface area contributed by atoms with Crippen LogP contribution in [-0.2, 0) is 5.54 Å². The number of anilines is 1. The number of aromatic nitrogens is 2. The Hall–Kier alpha value is -1.36. The zero-order valence-corrected chi connectivity index (χ0v) is 10.9. The topological polar surface area (TPSA) is 67.2 Å². The largest absolute Gasteiger partial charge is 0.396 e. The zero-order valence-electron chi connectivity index (χ0n) is 10.9. The molecule has 0 aliphatic rings. The predicted octanol–water partition coefficient (Wildman–Crippen LogP) is 1.18. The quantitative estimate of drug-likeness (QED) is 0.828. The van der Waals surface area contributed by atoms with Gasteiger partial charge in [0.2, 0.25) is 0 Å². The van der Waals surface area contributed by atoms with Crippen LogP contribution in [0.1, 0.15) is 34.1 Å². The first-order valence-electron chi connectivity index (χ1n) is 5.82. The summed E-state index contributed by atoms with van der Waals surface area (Å²) in [6.07, 6.45) is 3.89.